The molecule has 0 amide bonds. The highest BCUT2D eigenvalue weighted by Gasteiger charge is 2.38. The van der Waals surface area contributed by atoms with E-state index in [4.69, 9.17) is 18.0 Å². The Balaban J connectivity index is 2.14. The number of halogens is 6. The van der Waals surface area contributed by atoms with Crippen molar-refractivity contribution in [2.45, 2.75) is 25.4 Å². The number of fused-ring (bicyclic) bond motifs is 1. The number of nitrogens with two attached hydrogens (primary N) is 1. The van der Waals surface area contributed by atoms with Crippen LogP contribution in [0.1, 0.15) is 22.3 Å². The summed E-state index contributed by atoms with van der Waals surface area (Å²) in [6.45, 7) is -0.109. The Morgan fingerprint density at radius 3 is 2.26 bits per heavy atom. The molecule has 27 heavy (non-hydrogen) atoms. The van der Waals surface area contributed by atoms with Gasteiger partial charge in [-0.1, -0.05) is 12.1 Å². The van der Waals surface area contributed by atoms with Crippen molar-refractivity contribution >= 4 is 23.3 Å². The molecule has 1 aromatic heterocycles. The van der Waals surface area contributed by atoms with Crippen LogP contribution in [0, 0.1) is 4.77 Å². The van der Waals surface area contributed by atoms with Gasteiger partial charge in [0, 0.05) is 6.54 Å². The summed E-state index contributed by atoms with van der Waals surface area (Å²) >= 11 is 5.17. The first-order valence-corrected chi connectivity index (χ1v) is 8.10. The van der Waals surface area contributed by atoms with E-state index in [2.05, 4.69) is 4.98 Å². The first kappa shape index (κ1) is 19.4. The highest BCUT2D eigenvalue weighted by atomic mass is 32.1. The number of hydrogen-bond acceptors (Lipinski definition) is 2. The lowest BCUT2D eigenvalue weighted by Gasteiger charge is -2.16. The number of rotatable bonds is 3. The van der Waals surface area contributed by atoms with Crippen molar-refractivity contribution in [2.75, 3.05) is 0 Å². The van der Waals surface area contributed by atoms with Crippen molar-refractivity contribution in [2.24, 2.45) is 5.73 Å². The van der Waals surface area contributed by atoms with Crippen LogP contribution >= 0.6 is 12.2 Å². The molecule has 144 valence electrons. The SMILES string of the molecule is NCc1ccc2[nH]c(=S)n(Cc3ccc(C(F)(F)F)cc3C(F)(F)F)c2c1. The van der Waals surface area contributed by atoms with Gasteiger partial charge < -0.3 is 15.3 Å². The van der Waals surface area contributed by atoms with Gasteiger partial charge in [0.1, 0.15) is 0 Å². The maximum Gasteiger partial charge on any atom is 0.416 e. The molecule has 0 unspecified atom stereocenters. The lowest BCUT2D eigenvalue weighted by molar-refractivity contribution is -0.143. The van der Waals surface area contributed by atoms with E-state index in [1.54, 1.807) is 18.2 Å². The van der Waals surface area contributed by atoms with E-state index < -0.39 is 23.5 Å². The zero-order valence-electron chi connectivity index (χ0n) is 13.6. The molecular weight excluding hydrogens is 392 g/mol. The van der Waals surface area contributed by atoms with Crippen LogP contribution in [0.5, 0.6) is 0 Å². The number of nitrogens with zero attached hydrogens (tertiary/aromatic N) is 1. The summed E-state index contributed by atoms with van der Waals surface area (Å²) < 4.78 is 80.1. The van der Waals surface area contributed by atoms with E-state index in [0.29, 0.717) is 17.1 Å². The van der Waals surface area contributed by atoms with Crippen molar-refractivity contribution in [1.29, 1.82) is 0 Å². The molecule has 0 radical (unpaired) electrons. The Morgan fingerprint density at radius 1 is 0.963 bits per heavy atom. The van der Waals surface area contributed by atoms with E-state index in [1.165, 1.54) is 4.57 Å². The third kappa shape index (κ3) is 3.86. The largest absolute Gasteiger partial charge is 0.416 e. The first-order valence-electron chi connectivity index (χ1n) is 7.69. The molecule has 0 aliphatic heterocycles. The number of imidazole rings is 1. The number of H-pyrrole nitrogens is 1. The molecule has 0 aliphatic rings. The molecule has 0 spiro atoms. The summed E-state index contributed by atoms with van der Waals surface area (Å²) in [7, 11) is 0. The highest BCUT2D eigenvalue weighted by molar-refractivity contribution is 7.71. The van der Waals surface area contributed by atoms with Crippen LogP contribution in [-0.4, -0.2) is 9.55 Å². The minimum atomic E-state index is -4.94. The average Bonchev–Trinajstić information content (AvgIpc) is 2.88. The van der Waals surface area contributed by atoms with Crippen molar-refractivity contribution in [3.05, 3.63) is 63.4 Å². The van der Waals surface area contributed by atoms with Crippen LogP contribution in [0.4, 0.5) is 26.3 Å². The Hall–Kier alpha value is -2.33. The third-order valence-corrected chi connectivity index (χ3v) is 4.47. The van der Waals surface area contributed by atoms with Gasteiger partial charge in [0.2, 0.25) is 0 Å². The Labute approximate surface area is 154 Å². The zero-order valence-corrected chi connectivity index (χ0v) is 14.4. The number of aromatic nitrogens is 2. The van der Waals surface area contributed by atoms with Gasteiger partial charge >= 0.3 is 12.4 Å². The van der Waals surface area contributed by atoms with Gasteiger partial charge in [-0.15, -0.1) is 0 Å². The van der Waals surface area contributed by atoms with Gasteiger partial charge in [-0.2, -0.15) is 26.3 Å². The topological polar surface area (TPSA) is 46.7 Å². The minimum Gasteiger partial charge on any atom is -0.331 e. The first-order chi connectivity index (χ1) is 12.5. The summed E-state index contributed by atoms with van der Waals surface area (Å²) in [6, 6.07) is 6.71. The maximum atomic E-state index is 13.4. The van der Waals surface area contributed by atoms with E-state index >= 15 is 0 Å². The molecule has 3 N–H and O–H groups in total. The fourth-order valence-electron chi connectivity index (χ4n) is 2.81. The predicted molar refractivity (Wildman–Crippen MR) is 90.6 cm³/mol. The molecule has 3 rings (SSSR count). The fourth-order valence-corrected chi connectivity index (χ4v) is 3.08. The molecule has 0 aliphatic carbocycles. The second-order valence-corrected chi connectivity index (χ2v) is 6.33. The van der Waals surface area contributed by atoms with Gasteiger partial charge in [0.15, 0.2) is 4.77 Å². The Bertz CT molecular complexity index is 1050. The molecule has 10 heteroatoms. The van der Waals surface area contributed by atoms with Gasteiger partial charge in [0.05, 0.1) is 28.7 Å². The Morgan fingerprint density at radius 2 is 1.67 bits per heavy atom. The molecule has 1 heterocycles. The van der Waals surface area contributed by atoms with Crippen LogP contribution in [0.25, 0.3) is 11.0 Å². The van der Waals surface area contributed by atoms with E-state index in [9.17, 15) is 26.3 Å². The standard InChI is InChI=1S/C17H13F6N3S/c18-16(19,20)11-3-2-10(12(6-11)17(21,22)23)8-26-14-5-9(7-24)1-4-13(14)25-15(26)27/h1-6H,7-8,24H2,(H,25,27). The second kappa shape index (κ2) is 6.68. The Kier molecular flexibility index (Phi) is 4.81. The second-order valence-electron chi connectivity index (χ2n) is 5.94. The molecule has 3 nitrogen and oxygen atoms in total. The molecule has 0 saturated carbocycles. The average molecular weight is 405 g/mol. The summed E-state index contributed by atoms with van der Waals surface area (Å²) in [5, 5.41) is 0. The van der Waals surface area contributed by atoms with Crippen LogP contribution in [0.3, 0.4) is 0 Å². The van der Waals surface area contributed by atoms with Gasteiger partial charge in [-0.05, 0) is 47.6 Å². The van der Waals surface area contributed by atoms with Gasteiger partial charge in [-0.3, -0.25) is 0 Å². The molecule has 0 atom stereocenters. The number of alkyl halides is 6. The minimum absolute atomic E-state index is 0.124. The van der Waals surface area contributed by atoms with E-state index in [-0.39, 0.29) is 29.5 Å². The number of aromatic amines is 1. The number of nitrogens with one attached hydrogen (secondary N) is 1. The van der Waals surface area contributed by atoms with E-state index in [1.807, 2.05) is 0 Å². The van der Waals surface area contributed by atoms with Gasteiger partial charge in [-0.25, -0.2) is 0 Å². The molecule has 0 saturated heterocycles. The van der Waals surface area contributed by atoms with Crippen molar-refractivity contribution in [3.63, 3.8) is 0 Å². The summed E-state index contributed by atoms with van der Waals surface area (Å²) in [5.74, 6) is 0. The lowest BCUT2D eigenvalue weighted by atomic mass is 10.0. The summed E-state index contributed by atoms with van der Waals surface area (Å²) in [6.07, 6.45) is -9.81. The lowest BCUT2D eigenvalue weighted by Crippen LogP contribution is -2.15. The van der Waals surface area contributed by atoms with Crippen LogP contribution < -0.4 is 5.73 Å². The molecule has 3 aromatic rings. The predicted octanol–water partition coefficient (Wildman–Crippen LogP) is 5.24. The normalized spacial score (nSPS) is 12.7. The molecule has 0 fully saturated rings. The third-order valence-electron chi connectivity index (χ3n) is 4.15. The number of hydrogen-bond donors (Lipinski definition) is 2. The monoisotopic (exact) mass is 405 g/mol. The van der Waals surface area contributed by atoms with Crippen LogP contribution in [-0.2, 0) is 25.4 Å². The molecule has 0 bridgehead atoms. The van der Waals surface area contributed by atoms with Gasteiger partial charge in [0.25, 0.3) is 0 Å². The van der Waals surface area contributed by atoms with E-state index in [0.717, 1.165) is 11.6 Å². The van der Waals surface area contributed by atoms with Crippen molar-refractivity contribution < 1.29 is 26.3 Å². The summed E-state index contributed by atoms with van der Waals surface area (Å²) in [5.41, 5.74) is 4.44. The zero-order chi connectivity index (χ0) is 20.0. The number of benzene rings is 2. The fraction of sp³-hybridized carbons (Fsp3) is 0.235. The smallest absolute Gasteiger partial charge is 0.331 e. The van der Waals surface area contributed by atoms with Crippen molar-refractivity contribution in [3.8, 4) is 0 Å². The molecular formula is C17H13F6N3S. The highest BCUT2D eigenvalue weighted by Crippen LogP contribution is 2.37. The van der Waals surface area contributed by atoms with Crippen LogP contribution in [0.15, 0.2) is 36.4 Å². The quantitative estimate of drug-likeness (QED) is 0.462. The maximum absolute atomic E-state index is 13.4. The van der Waals surface area contributed by atoms with Crippen LogP contribution in [0.2, 0.25) is 0 Å². The van der Waals surface area contributed by atoms with Crippen molar-refractivity contribution in [1.82, 2.24) is 9.55 Å². The molecule has 2 aromatic carbocycles. The summed E-state index contributed by atoms with van der Waals surface area (Å²) in [4.78, 5) is 2.87.